The van der Waals surface area contributed by atoms with Crippen LogP contribution in [0, 0.1) is 0 Å². The first-order valence-electron chi connectivity index (χ1n) is 28.9. The highest BCUT2D eigenvalue weighted by molar-refractivity contribution is 7.86. The first-order chi connectivity index (χ1) is 43.2. The van der Waals surface area contributed by atoms with E-state index in [9.17, 15) is 26.3 Å². The number of aromatic nitrogens is 4. The lowest BCUT2D eigenvalue weighted by Gasteiger charge is -2.14. The second-order valence-electron chi connectivity index (χ2n) is 23.1. The number of imidazole rings is 2. The third-order valence-corrected chi connectivity index (χ3v) is 19.2. The van der Waals surface area contributed by atoms with Crippen molar-refractivity contribution in [3.8, 4) is 68.0 Å². The molecule has 18 rings (SSSR count). The monoisotopic (exact) mass is 1260 g/mol. The Morgan fingerprint density at radius 1 is 0.367 bits per heavy atom. The Hall–Kier alpha value is -9.22. The second-order valence-corrected chi connectivity index (χ2v) is 25.8. The molecule has 4 aliphatic heterocycles. The SMILES string of the molecule is O=S(=O)([O-])C(F)(F)F.O=S(=O)([O-])C(F)(F)F.c1ccc(-c2cccc3c2[C@@H]2[C@H](C3)Oc3c4[n+](cn32)[C@@H]2c3c(cccc3-c3ccccc3)C[C@@H]2O4)cc1.c1ccc(-c2cccc3c2[C@@H]2[C@H](C3)Oc3c4[n+](cn32)[C@@H]2c3c(cccc3-c3ccccc3)C[C@@H]2O4)cc1. The van der Waals surface area contributed by atoms with Crippen LogP contribution < -0.4 is 28.1 Å². The van der Waals surface area contributed by atoms with Crippen molar-refractivity contribution in [3.63, 3.8) is 0 Å². The maximum absolute atomic E-state index is 10.7. The Morgan fingerprint density at radius 2 is 0.633 bits per heavy atom. The zero-order valence-corrected chi connectivity index (χ0v) is 48.7. The van der Waals surface area contributed by atoms with E-state index in [1.807, 2.05) is 0 Å². The summed E-state index contributed by atoms with van der Waals surface area (Å²) in [6, 6.07) is 70.4. The maximum Gasteiger partial charge on any atom is 0.485 e. The molecule has 6 heterocycles. The van der Waals surface area contributed by atoms with Crippen LogP contribution in [0.1, 0.15) is 68.7 Å². The highest BCUT2D eigenvalue weighted by atomic mass is 32.2. The van der Waals surface area contributed by atoms with Crippen LogP contribution in [0.3, 0.4) is 0 Å². The van der Waals surface area contributed by atoms with Gasteiger partial charge in [0.25, 0.3) is 12.7 Å². The van der Waals surface area contributed by atoms with E-state index in [1.165, 1.54) is 89.0 Å². The first kappa shape index (κ1) is 57.2. The summed E-state index contributed by atoms with van der Waals surface area (Å²) in [6.45, 7) is 0. The molecular formula is C68H50F6N4O10S2. The third-order valence-electron chi connectivity index (χ3n) is 18.0. The summed E-state index contributed by atoms with van der Waals surface area (Å²) < 4.78 is 154. The zero-order valence-electron chi connectivity index (χ0n) is 47.0. The molecule has 0 radical (unpaired) electrons. The molecule has 8 aliphatic rings. The number of fused-ring (bicyclic) bond motifs is 22. The van der Waals surface area contributed by atoms with Gasteiger partial charge in [-0.3, -0.25) is 0 Å². The molecule has 0 saturated carbocycles. The predicted octanol–water partition coefficient (Wildman–Crippen LogP) is 11.9. The van der Waals surface area contributed by atoms with E-state index >= 15 is 0 Å². The average molecular weight is 1260 g/mol. The summed E-state index contributed by atoms with van der Waals surface area (Å²) in [5.41, 5.74) is 10.1. The highest BCUT2D eigenvalue weighted by Crippen LogP contribution is 2.55. The summed E-state index contributed by atoms with van der Waals surface area (Å²) in [5, 5.41) is 0. The van der Waals surface area contributed by atoms with Gasteiger partial charge in [-0.25, -0.2) is 16.8 Å². The van der Waals surface area contributed by atoms with Crippen molar-refractivity contribution >= 4 is 20.2 Å². The Labute approximate surface area is 511 Å². The van der Waals surface area contributed by atoms with Gasteiger partial charge in [0.2, 0.25) is 0 Å². The summed E-state index contributed by atoms with van der Waals surface area (Å²) in [4.78, 5) is 0. The Bertz CT molecular complexity index is 4170. The minimum absolute atomic E-state index is 0.108. The van der Waals surface area contributed by atoms with Crippen LogP contribution >= 0.6 is 0 Å². The van der Waals surface area contributed by atoms with Crippen molar-refractivity contribution in [2.45, 2.75) is 85.3 Å². The quantitative estimate of drug-likeness (QED) is 0.0715. The largest absolute Gasteiger partial charge is 0.741 e. The van der Waals surface area contributed by atoms with E-state index in [1.54, 1.807) is 0 Å². The molecule has 0 N–H and O–H groups in total. The van der Waals surface area contributed by atoms with E-state index in [0.717, 1.165) is 49.2 Å². The van der Waals surface area contributed by atoms with Crippen molar-refractivity contribution in [1.29, 1.82) is 0 Å². The third kappa shape index (κ3) is 9.43. The Balaban J connectivity index is 0.000000121. The van der Waals surface area contributed by atoms with Gasteiger partial charge in [0.15, 0.2) is 68.8 Å². The van der Waals surface area contributed by atoms with Crippen molar-refractivity contribution in [3.05, 3.63) is 251 Å². The number of rotatable bonds is 4. The molecule has 4 aliphatic carbocycles. The number of nitrogens with zero attached hydrogens (tertiary/aromatic N) is 4. The van der Waals surface area contributed by atoms with Gasteiger partial charge in [-0.1, -0.05) is 194 Å². The molecule has 8 atom stereocenters. The van der Waals surface area contributed by atoms with Gasteiger partial charge in [-0.05, 0) is 66.8 Å². The van der Waals surface area contributed by atoms with E-state index in [-0.39, 0.29) is 48.6 Å². The molecular weight excluding hydrogens is 1210 g/mol. The number of benzene rings is 8. The molecule has 2 aromatic heterocycles. The van der Waals surface area contributed by atoms with Gasteiger partial charge in [-0.2, -0.15) is 44.6 Å². The van der Waals surface area contributed by atoms with Crippen LogP contribution in [0.4, 0.5) is 26.3 Å². The number of halogens is 6. The lowest BCUT2D eigenvalue weighted by molar-refractivity contribution is -0.697. The van der Waals surface area contributed by atoms with Crippen LogP contribution in [-0.2, 0) is 45.9 Å². The molecule has 22 heteroatoms. The predicted molar refractivity (Wildman–Crippen MR) is 313 cm³/mol. The van der Waals surface area contributed by atoms with Crippen LogP contribution in [0.5, 0.6) is 23.5 Å². The summed E-state index contributed by atoms with van der Waals surface area (Å²) in [6.07, 6.45) is 8.68. The Kier molecular flexibility index (Phi) is 13.5. The summed E-state index contributed by atoms with van der Waals surface area (Å²) >= 11 is 0. The maximum atomic E-state index is 10.7. The van der Waals surface area contributed by atoms with Crippen molar-refractivity contribution in [2.24, 2.45) is 0 Å². The van der Waals surface area contributed by atoms with E-state index in [0.29, 0.717) is 0 Å². The number of ether oxygens (including phenoxy) is 4. The fourth-order valence-corrected chi connectivity index (χ4v) is 14.5. The topological polar surface area (TPSA) is 169 Å². The number of alkyl halides is 6. The first-order valence-corrected chi connectivity index (χ1v) is 31.7. The minimum Gasteiger partial charge on any atom is -0.741 e. The van der Waals surface area contributed by atoms with E-state index in [4.69, 9.17) is 44.9 Å². The molecule has 0 fully saturated rings. The fourth-order valence-electron chi connectivity index (χ4n) is 14.5. The molecule has 10 aromatic rings. The number of hydrogen-bond donors (Lipinski definition) is 0. The summed E-state index contributed by atoms with van der Waals surface area (Å²) in [5.74, 6) is 3.54. The smallest absolute Gasteiger partial charge is 0.485 e. The molecule has 0 unspecified atom stereocenters. The molecule has 8 aromatic carbocycles. The molecule has 0 bridgehead atoms. The second kappa shape index (κ2) is 21.2. The lowest BCUT2D eigenvalue weighted by Crippen LogP contribution is -2.38. The van der Waals surface area contributed by atoms with Crippen molar-refractivity contribution < 1.29 is 80.4 Å². The average Bonchev–Trinajstić information content (AvgIpc) is 1.55. The molecule has 0 amide bonds. The minimum atomic E-state index is -6.09. The van der Waals surface area contributed by atoms with Crippen LogP contribution in [0.25, 0.3) is 44.5 Å². The lowest BCUT2D eigenvalue weighted by atomic mass is 9.94. The van der Waals surface area contributed by atoms with Crippen LogP contribution in [0.2, 0.25) is 0 Å². The normalized spacial score (nSPS) is 21.7. The van der Waals surface area contributed by atoms with Crippen LogP contribution in [0.15, 0.2) is 207 Å². The van der Waals surface area contributed by atoms with E-state index in [2.05, 4.69) is 225 Å². The zero-order chi connectivity index (χ0) is 62.2. The van der Waals surface area contributed by atoms with Crippen molar-refractivity contribution in [2.75, 3.05) is 0 Å². The molecule has 14 nitrogen and oxygen atoms in total. The number of hydrogen-bond acceptors (Lipinski definition) is 10. The van der Waals surface area contributed by atoms with Crippen molar-refractivity contribution in [1.82, 2.24) is 9.13 Å². The van der Waals surface area contributed by atoms with Gasteiger partial charge in [0.05, 0.1) is 0 Å². The van der Waals surface area contributed by atoms with Gasteiger partial charge < -0.3 is 28.1 Å². The van der Waals surface area contributed by atoms with Gasteiger partial charge in [-0.15, -0.1) is 0 Å². The van der Waals surface area contributed by atoms with Gasteiger partial charge >= 0.3 is 34.5 Å². The molecule has 90 heavy (non-hydrogen) atoms. The molecule has 0 spiro atoms. The fraction of sp³-hybridized carbons (Fsp3) is 0.206. The van der Waals surface area contributed by atoms with Crippen LogP contribution in [-0.4, -0.2) is 70.5 Å². The Morgan fingerprint density at radius 3 is 0.922 bits per heavy atom. The van der Waals surface area contributed by atoms with Gasteiger partial charge in [0, 0.05) is 47.9 Å². The molecule has 0 saturated heterocycles. The highest BCUT2D eigenvalue weighted by Gasteiger charge is 2.59. The van der Waals surface area contributed by atoms with Gasteiger partial charge in [0.1, 0.15) is 0 Å². The summed E-state index contributed by atoms with van der Waals surface area (Å²) in [7, 11) is -12.2. The van der Waals surface area contributed by atoms with E-state index < -0.39 is 31.3 Å². The molecule has 456 valence electrons. The standard InChI is InChI=1S/2C33H25N2O2.2CHF3O3S/c2*1-3-9-20(10-4-1)24-15-7-13-22-17-26-30(28(22)24)34-19-35-31-27(37-33(35)32(34)36-26)18-23-14-8-16-25(29(23)31)21-11-5-2-6-12-21;2*2-1(3,4)8(5,6)7/h2*1-16,19,26-27,30-31H,17-18H2;2*(H,5,6,7)/q2*+1;;/p-2/t2*26-,27-,30-,31-;;/m00../s1.